The number of fused-ring (bicyclic) bond motifs is 10. The Balaban J connectivity index is 1.69. The SMILES string of the molecule is OCCSc1ccc2c(c1)C1(c3ccccc3-c3ccccc31)c1cc(SCCO)ccc1-2. The lowest BCUT2D eigenvalue weighted by Crippen LogP contribution is -2.26. The minimum absolute atomic E-state index is 0.171. The molecule has 0 saturated carbocycles. The molecule has 0 saturated heterocycles. The molecule has 2 aliphatic carbocycles. The molecule has 4 aromatic carbocycles. The van der Waals surface area contributed by atoms with E-state index in [0.29, 0.717) is 11.5 Å². The molecule has 2 aliphatic rings. The second-order valence-electron chi connectivity index (χ2n) is 8.40. The molecule has 4 aromatic rings. The number of hydrogen-bond acceptors (Lipinski definition) is 4. The van der Waals surface area contributed by atoms with Gasteiger partial charge in [0, 0.05) is 21.3 Å². The van der Waals surface area contributed by atoms with Crippen molar-refractivity contribution >= 4 is 23.5 Å². The fraction of sp³-hybridized carbons (Fsp3) is 0.172. The summed E-state index contributed by atoms with van der Waals surface area (Å²) in [5, 5.41) is 18.8. The van der Waals surface area contributed by atoms with Crippen molar-refractivity contribution in [3.63, 3.8) is 0 Å². The van der Waals surface area contributed by atoms with E-state index in [2.05, 4.69) is 84.9 Å². The van der Waals surface area contributed by atoms with Gasteiger partial charge in [-0.1, -0.05) is 60.7 Å². The number of aliphatic hydroxyl groups is 2. The van der Waals surface area contributed by atoms with Crippen LogP contribution in [-0.2, 0) is 5.41 Å². The van der Waals surface area contributed by atoms with E-state index < -0.39 is 0 Å². The van der Waals surface area contributed by atoms with E-state index in [1.54, 1.807) is 23.5 Å². The van der Waals surface area contributed by atoms with Crippen molar-refractivity contribution in [3.8, 4) is 22.3 Å². The van der Waals surface area contributed by atoms with Crippen LogP contribution in [0.1, 0.15) is 22.3 Å². The minimum atomic E-state index is -0.358. The molecule has 0 fully saturated rings. The van der Waals surface area contributed by atoms with Gasteiger partial charge in [-0.15, -0.1) is 23.5 Å². The molecule has 2 N–H and O–H groups in total. The smallest absolute Gasteiger partial charge is 0.0726 e. The van der Waals surface area contributed by atoms with E-state index in [4.69, 9.17) is 0 Å². The van der Waals surface area contributed by atoms with Gasteiger partial charge >= 0.3 is 0 Å². The maximum absolute atomic E-state index is 9.39. The van der Waals surface area contributed by atoms with Gasteiger partial charge in [0.05, 0.1) is 18.6 Å². The summed E-state index contributed by atoms with van der Waals surface area (Å²) in [6.07, 6.45) is 0. The first-order chi connectivity index (χ1) is 16.3. The van der Waals surface area contributed by atoms with Gasteiger partial charge in [-0.2, -0.15) is 0 Å². The summed E-state index contributed by atoms with van der Waals surface area (Å²) in [7, 11) is 0. The molecule has 0 unspecified atom stereocenters. The molecule has 2 nitrogen and oxygen atoms in total. The van der Waals surface area contributed by atoms with Crippen molar-refractivity contribution in [3.05, 3.63) is 107 Å². The zero-order chi connectivity index (χ0) is 22.4. The molecule has 0 aliphatic heterocycles. The largest absolute Gasteiger partial charge is 0.396 e. The van der Waals surface area contributed by atoms with Crippen molar-refractivity contribution < 1.29 is 10.2 Å². The molecule has 33 heavy (non-hydrogen) atoms. The maximum atomic E-state index is 9.39. The first kappa shape index (κ1) is 21.1. The molecule has 0 heterocycles. The first-order valence-electron chi connectivity index (χ1n) is 11.2. The average molecular weight is 469 g/mol. The highest BCUT2D eigenvalue weighted by Crippen LogP contribution is 2.63. The zero-order valence-electron chi connectivity index (χ0n) is 18.1. The summed E-state index contributed by atoms with van der Waals surface area (Å²) < 4.78 is 0. The van der Waals surface area contributed by atoms with Crippen molar-refractivity contribution in [2.45, 2.75) is 15.2 Å². The standard InChI is InChI=1S/C29H24O2S2/c30-13-15-32-19-9-11-23-24-12-10-20(33-16-14-31)18-28(24)29(27(23)17-19)25-7-3-1-5-21(25)22-6-2-4-8-26(22)29/h1-12,17-18,30-31H,13-16H2. The topological polar surface area (TPSA) is 40.5 Å². The van der Waals surface area contributed by atoms with Crippen LogP contribution in [0.5, 0.6) is 0 Å². The van der Waals surface area contributed by atoms with Gasteiger partial charge in [0.1, 0.15) is 0 Å². The maximum Gasteiger partial charge on any atom is 0.0726 e. The second-order valence-corrected chi connectivity index (χ2v) is 10.7. The summed E-state index contributed by atoms with van der Waals surface area (Å²) in [6, 6.07) is 31.2. The highest BCUT2D eigenvalue weighted by molar-refractivity contribution is 7.99. The van der Waals surface area contributed by atoms with Gasteiger partial charge in [0.2, 0.25) is 0 Å². The molecule has 164 valence electrons. The van der Waals surface area contributed by atoms with E-state index in [9.17, 15) is 10.2 Å². The van der Waals surface area contributed by atoms with Gasteiger partial charge in [0.25, 0.3) is 0 Å². The van der Waals surface area contributed by atoms with Crippen LogP contribution < -0.4 is 0 Å². The van der Waals surface area contributed by atoms with Crippen molar-refractivity contribution in [1.82, 2.24) is 0 Å². The third-order valence-corrected chi connectivity index (χ3v) is 8.70. The average Bonchev–Trinajstić information content (AvgIpc) is 3.33. The van der Waals surface area contributed by atoms with E-state index in [0.717, 1.165) is 0 Å². The highest BCUT2D eigenvalue weighted by Gasteiger charge is 2.51. The minimum Gasteiger partial charge on any atom is -0.396 e. The Kier molecular flexibility index (Phi) is 5.34. The Morgan fingerprint density at radius 2 is 0.939 bits per heavy atom. The van der Waals surface area contributed by atoms with Crippen LogP contribution in [0.25, 0.3) is 22.3 Å². The van der Waals surface area contributed by atoms with Crippen LogP contribution in [0.4, 0.5) is 0 Å². The highest BCUT2D eigenvalue weighted by atomic mass is 32.2. The lowest BCUT2D eigenvalue weighted by atomic mass is 9.70. The fourth-order valence-electron chi connectivity index (χ4n) is 5.60. The van der Waals surface area contributed by atoms with Gasteiger partial charge in [0.15, 0.2) is 0 Å². The molecule has 0 radical (unpaired) electrons. The molecular formula is C29H24O2S2. The number of hydrogen-bond donors (Lipinski definition) is 2. The molecule has 4 heteroatoms. The van der Waals surface area contributed by atoms with Crippen molar-refractivity contribution in [1.29, 1.82) is 0 Å². The quantitative estimate of drug-likeness (QED) is 0.286. The van der Waals surface area contributed by atoms with Gasteiger partial charge < -0.3 is 10.2 Å². The molecule has 0 atom stereocenters. The van der Waals surface area contributed by atoms with E-state index in [1.165, 1.54) is 54.3 Å². The Bertz CT molecular complexity index is 1260. The lowest BCUT2D eigenvalue weighted by Gasteiger charge is -2.31. The number of rotatable bonds is 6. The lowest BCUT2D eigenvalue weighted by molar-refractivity contribution is 0.322. The van der Waals surface area contributed by atoms with Crippen LogP contribution >= 0.6 is 23.5 Å². The molecule has 6 rings (SSSR count). The normalized spacial score (nSPS) is 14.1. The summed E-state index contributed by atoms with van der Waals surface area (Å²) >= 11 is 3.40. The van der Waals surface area contributed by atoms with Gasteiger partial charge in [-0.3, -0.25) is 0 Å². The Hall–Kier alpha value is -2.50. The van der Waals surface area contributed by atoms with E-state index >= 15 is 0 Å². The predicted molar refractivity (Wildman–Crippen MR) is 138 cm³/mol. The Morgan fingerprint density at radius 1 is 0.515 bits per heavy atom. The summed E-state index contributed by atoms with van der Waals surface area (Å²) in [6.45, 7) is 0.342. The third-order valence-electron chi connectivity index (χ3n) is 6.75. The molecule has 1 spiro atoms. The molecule has 0 aromatic heterocycles. The van der Waals surface area contributed by atoms with E-state index in [1.807, 2.05) is 0 Å². The second kappa shape index (κ2) is 8.37. The monoisotopic (exact) mass is 468 g/mol. The molecule has 0 amide bonds. The predicted octanol–water partition coefficient (Wildman–Crippen LogP) is 6.20. The van der Waals surface area contributed by atoms with Crippen molar-refractivity contribution in [2.24, 2.45) is 0 Å². The Labute approximate surface area is 202 Å². The number of benzene rings is 4. The van der Waals surface area contributed by atoms with Crippen LogP contribution in [-0.4, -0.2) is 34.9 Å². The van der Waals surface area contributed by atoms with E-state index in [-0.39, 0.29) is 18.6 Å². The summed E-state index contributed by atoms with van der Waals surface area (Å²) in [5.41, 5.74) is 10.1. The zero-order valence-corrected chi connectivity index (χ0v) is 19.8. The van der Waals surface area contributed by atoms with Crippen LogP contribution in [0, 0.1) is 0 Å². The third kappa shape index (κ3) is 3.05. The number of thioether (sulfide) groups is 2. The van der Waals surface area contributed by atoms with Crippen molar-refractivity contribution in [2.75, 3.05) is 24.7 Å². The first-order valence-corrected chi connectivity index (χ1v) is 13.2. The number of aliphatic hydroxyl groups excluding tert-OH is 2. The summed E-state index contributed by atoms with van der Waals surface area (Å²) in [5.74, 6) is 1.38. The fourth-order valence-corrected chi connectivity index (χ4v) is 6.99. The van der Waals surface area contributed by atoms with Crippen LogP contribution in [0.15, 0.2) is 94.7 Å². The van der Waals surface area contributed by atoms with Crippen LogP contribution in [0.2, 0.25) is 0 Å². The Morgan fingerprint density at radius 3 is 1.39 bits per heavy atom. The molecule has 0 bridgehead atoms. The van der Waals surface area contributed by atoms with Gasteiger partial charge in [-0.25, -0.2) is 0 Å². The van der Waals surface area contributed by atoms with Gasteiger partial charge in [-0.05, 0) is 68.8 Å². The molecular weight excluding hydrogens is 444 g/mol. The summed E-state index contributed by atoms with van der Waals surface area (Å²) in [4.78, 5) is 2.37. The van der Waals surface area contributed by atoms with Crippen LogP contribution in [0.3, 0.4) is 0 Å².